The Kier molecular flexibility index (Phi) is 6.54. The van der Waals surface area contributed by atoms with Crippen molar-refractivity contribution >= 4 is 0 Å². The van der Waals surface area contributed by atoms with Crippen LogP contribution in [0.3, 0.4) is 0 Å². The number of benzene rings is 3. The number of ether oxygens (including phenoxy) is 1. The highest BCUT2D eigenvalue weighted by molar-refractivity contribution is 5.50. The van der Waals surface area contributed by atoms with Gasteiger partial charge in [-0.25, -0.2) is 0 Å². The molecule has 3 aromatic carbocycles. The zero-order chi connectivity index (χ0) is 22.6. The number of hydrogen-bond acceptors (Lipinski definition) is 4. The zero-order valence-corrected chi connectivity index (χ0v) is 19.1. The Labute approximate surface area is 196 Å². The summed E-state index contributed by atoms with van der Waals surface area (Å²) in [7, 11) is 0. The highest BCUT2D eigenvalue weighted by Gasteiger charge is 2.33. The van der Waals surface area contributed by atoms with E-state index >= 15 is 0 Å². The summed E-state index contributed by atoms with van der Waals surface area (Å²) in [5.41, 5.74) is 4.61. The number of rotatable bonds is 6. The van der Waals surface area contributed by atoms with Crippen molar-refractivity contribution in [2.24, 2.45) is 0 Å². The third-order valence-corrected chi connectivity index (χ3v) is 7.29. The van der Waals surface area contributed by atoms with Crippen LogP contribution in [0, 0.1) is 0 Å². The molecule has 172 valence electrons. The van der Waals surface area contributed by atoms with E-state index in [9.17, 15) is 10.2 Å². The second-order valence-corrected chi connectivity index (χ2v) is 9.38. The maximum absolute atomic E-state index is 10.6. The van der Waals surface area contributed by atoms with Crippen LogP contribution in [0.15, 0.2) is 66.7 Å². The molecule has 4 nitrogen and oxygen atoms in total. The van der Waals surface area contributed by atoms with E-state index in [2.05, 4.69) is 29.2 Å². The number of nitrogens with zero attached hydrogens (tertiary/aromatic N) is 1. The molecule has 1 heterocycles. The summed E-state index contributed by atoms with van der Waals surface area (Å²) in [5, 5.41) is 20.6. The first-order chi connectivity index (χ1) is 16.2. The third kappa shape index (κ3) is 4.86. The number of fused-ring (bicyclic) bond motifs is 1. The molecule has 0 unspecified atom stereocenters. The fourth-order valence-electron chi connectivity index (χ4n) is 5.60. The summed E-state index contributed by atoms with van der Waals surface area (Å²) in [5.74, 6) is 1.86. The van der Waals surface area contributed by atoms with Gasteiger partial charge >= 0.3 is 0 Å². The number of likely N-dealkylation sites (tertiary alicyclic amines) is 1. The summed E-state index contributed by atoms with van der Waals surface area (Å²) < 4.78 is 6.05. The van der Waals surface area contributed by atoms with Gasteiger partial charge in [-0.2, -0.15) is 0 Å². The molecule has 0 amide bonds. The van der Waals surface area contributed by atoms with Gasteiger partial charge in [0.2, 0.25) is 0 Å². The quantitative estimate of drug-likeness (QED) is 0.504. The summed E-state index contributed by atoms with van der Waals surface area (Å²) in [6, 6.07) is 21.9. The van der Waals surface area contributed by atoms with Crippen molar-refractivity contribution in [3.63, 3.8) is 0 Å². The molecule has 0 radical (unpaired) electrons. The van der Waals surface area contributed by atoms with Gasteiger partial charge in [-0.05, 0) is 97.3 Å². The van der Waals surface area contributed by atoms with E-state index in [1.54, 1.807) is 12.1 Å². The second-order valence-electron chi connectivity index (χ2n) is 9.38. The predicted molar refractivity (Wildman–Crippen MR) is 131 cm³/mol. The number of aromatic hydroxyl groups is 2. The van der Waals surface area contributed by atoms with E-state index in [1.807, 2.05) is 30.3 Å². The Hall–Kier alpha value is -2.98. The monoisotopic (exact) mass is 443 g/mol. The van der Waals surface area contributed by atoms with Crippen LogP contribution >= 0.6 is 0 Å². The summed E-state index contributed by atoms with van der Waals surface area (Å²) in [6.07, 6.45) is 5.76. The summed E-state index contributed by atoms with van der Waals surface area (Å²) in [4.78, 5) is 2.49. The van der Waals surface area contributed by atoms with E-state index in [1.165, 1.54) is 49.0 Å². The lowest BCUT2D eigenvalue weighted by atomic mass is 9.69. The molecule has 0 saturated carbocycles. The lowest BCUT2D eigenvalue weighted by Crippen LogP contribution is -2.33. The molecule has 1 aliphatic carbocycles. The first-order valence-corrected chi connectivity index (χ1v) is 12.2. The molecule has 5 rings (SSSR count). The number of phenols is 2. The molecule has 33 heavy (non-hydrogen) atoms. The Balaban J connectivity index is 1.38. The number of hydrogen-bond donors (Lipinski definition) is 2. The van der Waals surface area contributed by atoms with Crippen molar-refractivity contribution in [1.29, 1.82) is 0 Å². The number of piperidine rings is 1. The Morgan fingerprint density at radius 1 is 0.848 bits per heavy atom. The lowest BCUT2D eigenvalue weighted by Gasteiger charge is -2.35. The molecule has 2 N–H and O–H groups in total. The molecular weight excluding hydrogens is 410 g/mol. The molecule has 1 aliphatic heterocycles. The Bertz CT molecular complexity index is 1070. The van der Waals surface area contributed by atoms with Gasteiger partial charge in [0, 0.05) is 12.5 Å². The average Bonchev–Trinajstić information content (AvgIpc) is 2.85. The van der Waals surface area contributed by atoms with Crippen LogP contribution in [0.4, 0.5) is 0 Å². The molecule has 0 bridgehead atoms. The molecule has 1 fully saturated rings. The highest BCUT2D eigenvalue weighted by atomic mass is 16.5. The average molecular weight is 444 g/mol. The third-order valence-electron chi connectivity index (χ3n) is 7.29. The zero-order valence-electron chi connectivity index (χ0n) is 19.1. The molecule has 2 atom stereocenters. The van der Waals surface area contributed by atoms with Gasteiger partial charge in [-0.15, -0.1) is 0 Å². The van der Waals surface area contributed by atoms with Crippen LogP contribution in [-0.2, 0) is 6.42 Å². The number of para-hydroxylation sites is 1. The molecule has 4 heteroatoms. The van der Waals surface area contributed by atoms with Gasteiger partial charge in [0.25, 0.3) is 0 Å². The van der Waals surface area contributed by atoms with Gasteiger partial charge in [-0.1, -0.05) is 42.8 Å². The van der Waals surface area contributed by atoms with Crippen LogP contribution in [0.25, 0.3) is 0 Å². The van der Waals surface area contributed by atoms with Gasteiger partial charge in [0.1, 0.15) is 23.9 Å². The second kappa shape index (κ2) is 9.88. The van der Waals surface area contributed by atoms with Gasteiger partial charge in [0.15, 0.2) is 0 Å². The number of aryl methyl sites for hydroxylation is 1. The van der Waals surface area contributed by atoms with Gasteiger partial charge in [0.05, 0.1) is 0 Å². The van der Waals surface area contributed by atoms with Crippen molar-refractivity contribution in [3.8, 4) is 17.2 Å². The smallest absolute Gasteiger partial charge is 0.119 e. The Morgan fingerprint density at radius 3 is 2.42 bits per heavy atom. The van der Waals surface area contributed by atoms with E-state index in [0.29, 0.717) is 18.1 Å². The Morgan fingerprint density at radius 2 is 1.64 bits per heavy atom. The minimum Gasteiger partial charge on any atom is -0.508 e. The van der Waals surface area contributed by atoms with Crippen molar-refractivity contribution < 1.29 is 14.9 Å². The van der Waals surface area contributed by atoms with Crippen molar-refractivity contribution in [3.05, 3.63) is 89.0 Å². The first-order valence-electron chi connectivity index (χ1n) is 12.2. The van der Waals surface area contributed by atoms with Crippen LogP contribution in [0.2, 0.25) is 0 Å². The molecule has 0 aromatic heterocycles. The van der Waals surface area contributed by atoms with E-state index in [0.717, 1.165) is 30.7 Å². The standard InChI is InChI=1S/C29H33NO3/c31-23-11-15-25-22(20-23)10-14-27(26-6-2-3-7-28(26)32)29(25)21-8-12-24(13-9-21)33-19-18-30-16-4-1-5-17-30/h2-3,6-9,11-13,15,20,27,29,31-32H,1,4-5,10,14,16-19H2/t27-,29-/m0/s1. The SMILES string of the molecule is Oc1ccc2c(c1)CC[C@@H](c1ccccc1O)[C@H]2c1ccc(OCCN2CCCCC2)cc1. The lowest BCUT2D eigenvalue weighted by molar-refractivity contribution is 0.183. The van der Waals surface area contributed by atoms with Crippen molar-refractivity contribution in [2.75, 3.05) is 26.2 Å². The van der Waals surface area contributed by atoms with Gasteiger partial charge < -0.3 is 14.9 Å². The van der Waals surface area contributed by atoms with Crippen molar-refractivity contribution in [2.45, 2.75) is 43.9 Å². The molecule has 1 saturated heterocycles. The summed E-state index contributed by atoms with van der Waals surface area (Å²) in [6.45, 7) is 4.07. The van der Waals surface area contributed by atoms with Crippen molar-refractivity contribution in [1.82, 2.24) is 4.90 Å². The van der Waals surface area contributed by atoms with E-state index in [-0.39, 0.29) is 11.8 Å². The molecule has 2 aliphatic rings. The maximum atomic E-state index is 10.6. The fraction of sp³-hybridized carbons (Fsp3) is 0.379. The first kappa shape index (κ1) is 21.8. The van der Waals surface area contributed by atoms with E-state index in [4.69, 9.17) is 4.74 Å². The fourth-order valence-corrected chi connectivity index (χ4v) is 5.60. The van der Waals surface area contributed by atoms with E-state index < -0.39 is 0 Å². The highest BCUT2D eigenvalue weighted by Crippen LogP contribution is 2.48. The van der Waals surface area contributed by atoms with Crippen LogP contribution in [0.1, 0.15) is 59.8 Å². The number of phenolic OH excluding ortho intramolecular Hbond substituents is 2. The minimum atomic E-state index is 0.116. The predicted octanol–water partition coefficient (Wildman–Crippen LogP) is 5.82. The van der Waals surface area contributed by atoms with Crippen LogP contribution in [0.5, 0.6) is 17.2 Å². The largest absolute Gasteiger partial charge is 0.508 e. The van der Waals surface area contributed by atoms with Gasteiger partial charge in [-0.3, -0.25) is 4.90 Å². The maximum Gasteiger partial charge on any atom is 0.119 e. The molecule has 0 spiro atoms. The van der Waals surface area contributed by atoms with Crippen LogP contribution < -0.4 is 4.74 Å². The topological polar surface area (TPSA) is 52.9 Å². The van der Waals surface area contributed by atoms with Crippen LogP contribution in [-0.4, -0.2) is 41.4 Å². The minimum absolute atomic E-state index is 0.116. The summed E-state index contributed by atoms with van der Waals surface area (Å²) >= 11 is 0. The normalized spacial score (nSPS) is 20.8. The molecule has 3 aromatic rings. The molecular formula is C29H33NO3.